The van der Waals surface area contributed by atoms with Crippen LogP contribution in [0.2, 0.25) is 0 Å². The molecule has 1 amide bonds. The topological polar surface area (TPSA) is 41.4 Å². The second-order valence-corrected chi connectivity index (χ2v) is 8.02. The average molecular weight is 294 g/mol. The molecule has 20 heavy (non-hydrogen) atoms. The first-order valence-electron chi connectivity index (χ1n) is 7.15. The highest BCUT2D eigenvalue weighted by molar-refractivity contribution is 8.00. The summed E-state index contributed by atoms with van der Waals surface area (Å²) in [6.07, 6.45) is 2.80. The molecule has 0 spiro atoms. The molecule has 5 nitrogen and oxygen atoms in total. The summed E-state index contributed by atoms with van der Waals surface area (Å²) in [5, 5.41) is 4.35. The zero-order chi connectivity index (χ0) is 14.3. The van der Waals surface area contributed by atoms with E-state index in [0.717, 1.165) is 37.6 Å². The number of aryl methyl sites for hydroxylation is 1. The normalized spacial score (nSPS) is 27.2. The molecule has 1 aromatic rings. The van der Waals surface area contributed by atoms with Crippen LogP contribution in [0.25, 0.3) is 0 Å². The second-order valence-electron chi connectivity index (χ2n) is 6.22. The van der Waals surface area contributed by atoms with Crippen LogP contribution in [0, 0.1) is 0 Å². The Bertz CT molecular complexity index is 513. The Morgan fingerprint density at radius 3 is 2.85 bits per heavy atom. The van der Waals surface area contributed by atoms with Crippen LogP contribution in [-0.4, -0.2) is 56.8 Å². The number of rotatable bonds is 2. The van der Waals surface area contributed by atoms with Gasteiger partial charge in [-0.1, -0.05) is 0 Å². The van der Waals surface area contributed by atoms with Gasteiger partial charge in [-0.25, -0.2) is 0 Å². The van der Waals surface area contributed by atoms with Crippen molar-refractivity contribution in [3.8, 4) is 0 Å². The van der Waals surface area contributed by atoms with Crippen LogP contribution in [0.5, 0.6) is 0 Å². The Balaban J connectivity index is 1.72. The molecule has 1 aromatic heterocycles. The van der Waals surface area contributed by atoms with E-state index in [-0.39, 0.29) is 16.7 Å². The Morgan fingerprint density at radius 2 is 2.20 bits per heavy atom. The van der Waals surface area contributed by atoms with E-state index < -0.39 is 0 Å². The average Bonchev–Trinajstić information content (AvgIpc) is 2.94. The first-order valence-corrected chi connectivity index (χ1v) is 8.14. The minimum absolute atomic E-state index is 0.0391. The summed E-state index contributed by atoms with van der Waals surface area (Å²) in [5.74, 6) is 2.11. The fourth-order valence-electron chi connectivity index (χ4n) is 3.10. The molecule has 0 bridgehead atoms. The van der Waals surface area contributed by atoms with Gasteiger partial charge in [0.05, 0.1) is 6.04 Å². The summed E-state index contributed by atoms with van der Waals surface area (Å²) in [5.41, 5.74) is 0. The third kappa shape index (κ3) is 2.59. The van der Waals surface area contributed by atoms with Gasteiger partial charge in [-0.05, 0) is 20.3 Å². The van der Waals surface area contributed by atoms with E-state index >= 15 is 0 Å². The van der Waals surface area contributed by atoms with Gasteiger partial charge >= 0.3 is 0 Å². The molecule has 0 radical (unpaired) electrons. The largest absolute Gasteiger partial charge is 0.294 e. The number of carbonyl (C=O) groups is 1. The lowest BCUT2D eigenvalue weighted by atomic mass is 10.1. The van der Waals surface area contributed by atoms with Crippen LogP contribution in [0.3, 0.4) is 0 Å². The Hall–Kier alpha value is -1.01. The van der Waals surface area contributed by atoms with Crippen molar-refractivity contribution in [3.63, 3.8) is 0 Å². The number of hydrogen-bond donors (Lipinski definition) is 0. The molecule has 0 aromatic carbocycles. The molecule has 110 valence electrons. The van der Waals surface area contributed by atoms with Crippen LogP contribution < -0.4 is 4.90 Å². The van der Waals surface area contributed by atoms with Crippen molar-refractivity contribution in [3.05, 3.63) is 12.3 Å². The monoisotopic (exact) mass is 294 g/mol. The third-order valence-corrected chi connectivity index (χ3v) is 5.35. The zero-order valence-corrected chi connectivity index (χ0v) is 13.2. The van der Waals surface area contributed by atoms with Crippen LogP contribution in [-0.2, 0) is 11.8 Å². The van der Waals surface area contributed by atoms with Crippen molar-refractivity contribution in [1.82, 2.24) is 14.7 Å². The van der Waals surface area contributed by atoms with Gasteiger partial charge in [0, 0.05) is 49.4 Å². The molecule has 6 heteroatoms. The van der Waals surface area contributed by atoms with Crippen LogP contribution in [0.1, 0.15) is 20.3 Å². The number of amides is 1. The lowest BCUT2D eigenvalue weighted by molar-refractivity contribution is -0.121. The van der Waals surface area contributed by atoms with Gasteiger partial charge in [-0.2, -0.15) is 16.9 Å². The molecule has 0 aliphatic carbocycles. The second kappa shape index (κ2) is 5.07. The number of carbonyl (C=O) groups excluding carboxylic acids is 1. The summed E-state index contributed by atoms with van der Waals surface area (Å²) in [4.78, 5) is 16.8. The highest BCUT2D eigenvalue weighted by Gasteiger charge is 2.40. The van der Waals surface area contributed by atoms with Crippen molar-refractivity contribution < 1.29 is 4.79 Å². The molecule has 2 fully saturated rings. The van der Waals surface area contributed by atoms with Crippen molar-refractivity contribution in [1.29, 1.82) is 0 Å². The maximum Gasteiger partial charge on any atom is 0.245 e. The van der Waals surface area contributed by atoms with Gasteiger partial charge in [-0.3, -0.25) is 19.3 Å². The molecule has 3 rings (SSSR count). The van der Waals surface area contributed by atoms with Crippen LogP contribution in [0.15, 0.2) is 12.3 Å². The molecule has 2 aliphatic heterocycles. The summed E-state index contributed by atoms with van der Waals surface area (Å²) in [6, 6.07) is 1.95. The number of thioether (sulfide) groups is 1. The molecule has 2 saturated heterocycles. The van der Waals surface area contributed by atoms with E-state index in [4.69, 9.17) is 0 Å². The highest BCUT2D eigenvalue weighted by Crippen LogP contribution is 2.33. The molecular weight excluding hydrogens is 272 g/mol. The summed E-state index contributed by atoms with van der Waals surface area (Å²) in [6.45, 7) is 7.31. The predicted molar refractivity (Wildman–Crippen MR) is 82.1 cm³/mol. The standard InChI is InChI=1S/C14H22N4OS/c1-14(2)10-17(8-9-20-14)11-4-7-18(13(11)19)12-5-6-16(3)15-12/h5-6,11H,4,7-10H2,1-3H3. The molecule has 2 aliphatic rings. The number of aromatic nitrogens is 2. The SMILES string of the molecule is Cn1ccc(N2CCC(N3CCSC(C)(C)C3)C2=O)n1. The Kier molecular flexibility index (Phi) is 3.54. The summed E-state index contributed by atoms with van der Waals surface area (Å²) in [7, 11) is 1.88. The number of hydrogen-bond acceptors (Lipinski definition) is 4. The van der Waals surface area contributed by atoms with Crippen LogP contribution >= 0.6 is 11.8 Å². The summed E-state index contributed by atoms with van der Waals surface area (Å²) < 4.78 is 1.99. The first kappa shape index (κ1) is 13.9. The van der Waals surface area contributed by atoms with Crippen molar-refractivity contribution in [2.75, 3.05) is 30.3 Å². The van der Waals surface area contributed by atoms with Crippen LogP contribution in [0.4, 0.5) is 5.82 Å². The Labute approximate surface area is 124 Å². The molecule has 1 unspecified atom stereocenters. The van der Waals surface area contributed by atoms with E-state index in [0.29, 0.717) is 0 Å². The lowest BCUT2D eigenvalue weighted by Crippen LogP contribution is -2.51. The van der Waals surface area contributed by atoms with Crippen molar-refractivity contribution in [2.45, 2.75) is 31.1 Å². The maximum atomic E-state index is 12.7. The van der Waals surface area contributed by atoms with E-state index in [1.54, 1.807) is 4.68 Å². The fourth-order valence-corrected chi connectivity index (χ4v) is 4.23. The quantitative estimate of drug-likeness (QED) is 0.826. The molecule has 1 atom stereocenters. The Morgan fingerprint density at radius 1 is 1.40 bits per heavy atom. The van der Waals surface area contributed by atoms with Gasteiger partial charge in [0.2, 0.25) is 5.91 Å². The van der Waals surface area contributed by atoms with Gasteiger partial charge < -0.3 is 0 Å². The van der Waals surface area contributed by atoms with E-state index in [2.05, 4.69) is 23.8 Å². The maximum absolute atomic E-state index is 12.7. The van der Waals surface area contributed by atoms with Crippen molar-refractivity contribution >= 4 is 23.5 Å². The zero-order valence-electron chi connectivity index (χ0n) is 12.4. The van der Waals surface area contributed by atoms with Crippen molar-refractivity contribution in [2.24, 2.45) is 7.05 Å². The molecule has 0 saturated carbocycles. The fraction of sp³-hybridized carbons (Fsp3) is 0.714. The number of nitrogens with zero attached hydrogens (tertiary/aromatic N) is 4. The molecule has 3 heterocycles. The lowest BCUT2D eigenvalue weighted by Gasteiger charge is -2.39. The smallest absolute Gasteiger partial charge is 0.245 e. The van der Waals surface area contributed by atoms with E-state index in [9.17, 15) is 4.79 Å². The first-order chi connectivity index (χ1) is 9.46. The predicted octanol–water partition coefficient (Wildman–Crippen LogP) is 1.35. The minimum Gasteiger partial charge on any atom is -0.294 e. The van der Waals surface area contributed by atoms with Gasteiger partial charge in [-0.15, -0.1) is 0 Å². The van der Waals surface area contributed by atoms with Gasteiger partial charge in [0.15, 0.2) is 5.82 Å². The number of anilines is 1. The molecule has 0 N–H and O–H groups in total. The van der Waals surface area contributed by atoms with E-state index in [1.807, 2.05) is 36.0 Å². The molecular formula is C14H22N4OS. The van der Waals surface area contributed by atoms with Gasteiger partial charge in [0.1, 0.15) is 0 Å². The van der Waals surface area contributed by atoms with E-state index in [1.165, 1.54) is 0 Å². The third-order valence-electron chi connectivity index (χ3n) is 4.05. The highest BCUT2D eigenvalue weighted by atomic mass is 32.2. The van der Waals surface area contributed by atoms with Gasteiger partial charge in [0.25, 0.3) is 0 Å². The summed E-state index contributed by atoms with van der Waals surface area (Å²) >= 11 is 2.00. The minimum atomic E-state index is 0.0391.